The van der Waals surface area contributed by atoms with E-state index in [2.05, 4.69) is 158 Å². The molecule has 0 nitrogen and oxygen atoms in total. The lowest BCUT2D eigenvalue weighted by Crippen LogP contribution is -1.82. The lowest BCUT2D eigenvalue weighted by atomic mass is 9.96. The smallest absolute Gasteiger partial charge is 0.0434 e. The minimum atomic E-state index is 1.25. The van der Waals surface area contributed by atoms with Crippen LogP contribution >= 0.6 is 11.3 Å². The molecule has 0 saturated heterocycles. The molecule has 0 aliphatic carbocycles. The van der Waals surface area contributed by atoms with Gasteiger partial charge in [0.25, 0.3) is 0 Å². The van der Waals surface area contributed by atoms with Crippen molar-refractivity contribution < 1.29 is 0 Å². The summed E-state index contributed by atoms with van der Waals surface area (Å²) in [6.45, 7) is 0. The molecule has 0 unspecified atom stereocenters. The van der Waals surface area contributed by atoms with Gasteiger partial charge in [-0.2, -0.15) is 0 Å². The highest BCUT2D eigenvalue weighted by Gasteiger charge is 2.17. The topological polar surface area (TPSA) is 0 Å². The second kappa shape index (κ2) is 9.89. The van der Waals surface area contributed by atoms with Crippen LogP contribution in [0.25, 0.3) is 75.5 Å². The average Bonchev–Trinajstić information content (AvgIpc) is 3.44. The summed E-state index contributed by atoms with van der Waals surface area (Å²) < 4.78 is 0. The van der Waals surface area contributed by atoms with Gasteiger partial charge in [0.15, 0.2) is 0 Å². The number of benzene rings is 7. The first-order valence-electron chi connectivity index (χ1n) is 14.0. The van der Waals surface area contributed by atoms with Crippen LogP contribution in [-0.4, -0.2) is 0 Å². The van der Waals surface area contributed by atoms with Gasteiger partial charge in [-0.25, -0.2) is 0 Å². The number of hydrogen-bond acceptors (Lipinski definition) is 1. The molecule has 0 fully saturated rings. The van der Waals surface area contributed by atoms with Crippen LogP contribution in [0.2, 0.25) is 0 Å². The Kier molecular flexibility index (Phi) is 5.76. The second-order valence-electron chi connectivity index (χ2n) is 10.6. The Morgan fingerprint density at radius 1 is 0.293 bits per heavy atom. The Morgan fingerprint density at radius 2 is 0.805 bits per heavy atom. The predicted octanol–water partition coefficient (Wildman–Crippen LogP) is 11.9. The molecule has 8 rings (SSSR count). The monoisotopic (exact) mass is 538 g/mol. The molecule has 41 heavy (non-hydrogen) atoms. The van der Waals surface area contributed by atoms with Gasteiger partial charge in [0, 0.05) is 26.1 Å². The molecule has 0 atom stereocenters. The van der Waals surface area contributed by atoms with Crippen LogP contribution < -0.4 is 0 Å². The number of rotatable bonds is 4. The molecule has 0 aliphatic heterocycles. The van der Waals surface area contributed by atoms with E-state index < -0.39 is 0 Å². The van der Waals surface area contributed by atoms with Crippen LogP contribution in [0, 0.1) is 0 Å². The van der Waals surface area contributed by atoms with Gasteiger partial charge in [-0.3, -0.25) is 0 Å². The standard InChI is InChI=1S/C40H26S/c1-3-11-27(12-4-1)29-19-20-30-25-34-26-32(22-21-31(34)24-33(30)23-29)39-37-17-9-10-18-38(37)40(41-39)36-16-8-7-15-35(36)28-13-5-2-6-14-28/h1-26H. The molecule has 0 radical (unpaired) electrons. The molecule has 8 aromatic rings. The molecule has 1 aromatic heterocycles. The number of thiophene rings is 1. The normalized spacial score (nSPS) is 11.4. The Balaban J connectivity index is 1.27. The summed E-state index contributed by atoms with van der Waals surface area (Å²) in [5.41, 5.74) is 7.57. The highest BCUT2D eigenvalue weighted by molar-refractivity contribution is 7.21. The Bertz CT molecular complexity index is 2190. The maximum Gasteiger partial charge on any atom is 0.0434 e. The van der Waals surface area contributed by atoms with E-state index in [9.17, 15) is 0 Å². The fourth-order valence-corrected chi connectivity index (χ4v) is 7.32. The molecule has 0 amide bonds. The summed E-state index contributed by atoms with van der Waals surface area (Å²) in [6.07, 6.45) is 0. The Hall–Kier alpha value is -4.98. The van der Waals surface area contributed by atoms with E-state index in [0.29, 0.717) is 0 Å². The third-order valence-corrected chi connectivity index (χ3v) is 9.35. The van der Waals surface area contributed by atoms with Crippen molar-refractivity contribution >= 4 is 43.7 Å². The van der Waals surface area contributed by atoms with E-state index in [1.54, 1.807) is 0 Å². The van der Waals surface area contributed by atoms with Crippen molar-refractivity contribution in [1.29, 1.82) is 0 Å². The molecule has 0 saturated carbocycles. The van der Waals surface area contributed by atoms with Crippen LogP contribution in [0.4, 0.5) is 0 Å². The van der Waals surface area contributed by atoms with Gasteiger partial charge in [0.05, 0.1) is 0 Å². The molecule has 0 N–H and O–H groups in total. The van der Waals surface area contributed by atoms with Gasteiger partial charge in [-0.15, -0.1) is 11.3 Å². The van der Waals surface area contributed by atoms with Crippen molar-refractivity contribution in [2.24, 2.45) is 0 Å². The minimum Gasteiger partial charge on any atom is -0.134 e. The van der Waals surface area contributed by atoms with Crippen molar-refractivity contribution in [1.82, 2.24) is 0 Å². The quantitative estimate of drug-likeness (QED) is 0.195. The van der Waals surface area contributed by atoms with E-state index in [1.165, 1.54) is 75.5 Å². The molecule has 1 heteroatoms. The average molecular weight is 539 g/mol. The third-order valence-electron chi connectivity index (χ3n) is 8.04. The molecular weight excluding hydrogens is 513 g/mol. The Labute approximate surface area is 243 Å². The highest BCUT2D eigenvalue weighted by atomic mass is 32.1. The first-order chi connectivity index (χ1) is 20.3. The van der Waals surface area contributed by atoms with Gasteiger partial charge in [0.1, 0.15) is 0 Å². The SMILES string of the molecule is c1ccc(-c2ccc3cc4cc(-c5sc(-c6ccccc6-c6ccccc6)c6ccccc56)ccc4cc3c2)cc1. The molecule has 192 valence electrons. The molecule has 0 aliphatic rings. The van der Waals surface area contributed by atoms with Crippen molar-refractivity contribution in [3.8, 4) is 43.1 Å². The van der Waals surface area contributed by atoms with Gasteiger partial charge in [-0.05, 0) is 73.6 Å². The summed E-state index contributed by atoms with van der Waals surface area (Å²) in [5.74, 6) is 0. The third kappa shape index (κ3) is 4.23. The van der Waals surface area contributed by atoms with Gasteiger partial charge in [0.2, 0.25) is 0 Å². The van der Waals surface area contributed by atoms with Crippen LogP contribution in [0.15, 0.2) is 158 Å². The molecule has 7 aromatic carbocycles. The lowest BCUT2D eigenvalue weighted by Gasteiger charge is -2.09. The molecule has 1 heterocycles. The van der Waals surface area contributed by atoms with Crippen molar-refractivity contribution in [2.45, 2.75) is 0 Å². The van der Waals surface area contributed by atoms with E-state index in [1.807, 2.05) is 11.3 Å². The van der Waals surface area contributed by atoms with Crippen LogP contribution in [-0.2, 0) is 0 Å². The zero-order valence-electron chi connectivity index (χ0n) is 22.4. The zero-order valence-corrected chi connectivity index (χ0v) is 23.2. The van der Waals surface area contributed by atoms with E-state index in [0.717, 1.165) is 0 Å². The second-order valence-corrected chi connectivity index (χ2v) is 11.6. The lowest BCUT2D eigenvalue weighted by molar-refractivity contribution is 1.62. The fraction of sp³-hybridized carbons (Fsp3) is 0. The first-order valence-corrected chi connectivity index (χ1v) is 14.8. The summed E-state index contributed by atoms with van der Waals surface area (Å²) in [7, 11) is 0. The maximum atomic E-state index is 2.37. The van der Waals surface area contributed by atoms with Crippen LogP contribution in [0.3, 0.4) is 0 Å². The first kappa shape index (κ1) is 23.9. The number of hydrogen-bond donors (Lipinski definition) is 0. The van der Waals surface area contributed by atoms with Gasteiger partial charge in [-0.1, -0.05) is 133 Å². The van der Waals surface area contributed by atoms with E-state index in [-0.39, 0.29) is 0 Å². The van der Waals surface area contributed by atoms with Gasteiger partial charge < -0.3 is 0 Å². The fourth-order valence-electron chi connectivity index (χ4n) is 6.01. The summed E-state index contributed by atoms with van der Waals surface area (Å²) in [6, 6.07) is 57.4. The largest absolute Gasteiger partial charge is 0.134 e. The Morgan fingerprint density at radius 3 is 1.49 bits per heavy atom. The van der Waals surface area contributed by atoms with Crippen LogP contribution in [0.5, 0.6) is 0 Å². The highest BCUT2D eigenvalue weighted by Crippen LogP contribution is 2.47. The van der Waals surface area contributed by atoms with Crippen LogP contribution in [0.1, 0.15) is 0 Å². The summed E-state index contributed by atoms with van der Waals surface area (Å²) in [4.78, 5) is 2.64. The molecule has 0 bridgehead atoms. The molecule has 0 spiro atoms. The van der Waals surface area contributed by atoms with Crippen molar-refractivity contribution in [3.05, 3.63) is 158 Å². The minimum absolute atomic E-state index is 1.25. The van der Waals surface area contributed by atoms with Gasteiger partial charge >= 0.3 is 0 Å². The van der Waals surface area contributed by atoms with E-state index in [4.69, 9.17) is 0 Å². The molecular formula is C40H26S. The summed E-state index contributed by atoms with van der Waals surface area (Å²) in [5, 5.41) is 7.69. The number of fused-ring (bicyclic) bond motifs is 3. The van der Waals surface area contributed by atoms with Crippen molar-refractivity contribution in [3.63, 3.8) is 0 Å². The maximum absolute atomic E-state index is 2.37. The predicted molar refractivity (Wildman–Crippen MR) is 179 cm³/mol. The van der Waals surface area contributed by atoms with E-state index >= 15 is 0 Å². The van der Waals surface area contributed by atoms with Crippen molar-refractivity contribution in [2.75, 3.05) is 0 Å². The zero-order chi connectivity index (χ0) is 27.2. The summed E-state index contributed by atoms with van der Waals surface area (Å²) >= 11 is 1.90.